The van der Waals surface area contributed by atoms with E-state index in [0.29, 0.717) is 48.7 Å². The Hall–Kier alpha value is -3.81. The molecule has 4 aromatic rings. The number of ether oxygens (including phenoxy) is 1. The lowest BCUT2D eigenvalue weighted by Crippen LogP contribution is -2.40. The second-order valence-electron chi connectivity index (χ2n) is 7.52. The van der Waals surface area contributed by atoms with Crippen LogP contribution in [0.15, 0.2) is 58.4 Å². The molecule has 0 saturated carbocycles. The molecular formula is C21H20FN7O4S. The van der Waals surface area contributed by atoms with Crippen LogP contribution in [0.5, 0.6) is 0 Å². The molecule has 0 aliphatic carbocycles. The normalized spacial score (nSPS) is 14.9. The Morgan fingerprint density at radius 1 is 1.00 bits per heavy atom. The molecule has 13 heteroatoms. The maximum atomic E-state index is 14.4. The van der Waals surface area contributed by atoms with Crippen molar-refractivity contribution in [2.24, 2.45) is 0 Å². The van der Waals surface area contributed by atoms with Crippen molar-refractivity contribution in [2.75, 3.05) is 36.9 Å². The average molecular weight is 486 g/mol. The number of hydrogen-bond donors (Lipinski definition) is 4. The maximum absolute atomic E-state index is 14.4. The summed E-state index contributed by atoms with van der Waals surface area (Å²) in [6.07, 6.45) is 1.00. The van der Waals surface area contributed by atoms with E-state index in [-0.39, 0.29) is 22.4 Å². The number of fused-ring (bicyclic) bond motifs is 1. The molecule has 0 radical (unpaired) electrons. The van der Waals surface area contributed by atoms with Gasteiger partial charge in [-0.2, -0.15) is 9.29 Å². The Bertz CT molecular complexity index is 1510. The summed E-state index contributed by atoms with van der Waals surface area (Å²) in [5.74, 6) is -0.704. The molecule has 2 aromatic heterocycles. The van der Waals surface area contributed by atoms with E-state index in [1.165, 1.54) is 16.4 Å². The molecule has 176 valence electrons. The number of aromatic nitrogens is 4. The van der Waals surface area contributed by atoms with Gasteiger partial charge in [0.15, 0.2) is 11.6 Å². The Morgan fingerprint density at radius 2 is 1.76 bits per heavy atom. The first-order valence-corrected chi connectivity index (χ1v) is 11.8. The minimum Gasteiger partial charge on any atom is -0.379 e. The SMILES string of the molecule is O=c1[nH]c2ccc(Nc3nc(Nc4cccc(S(=O)(=O)N5CCOCC5)c4)ncc3F)cc2[nH]1. The number of benzene rings is 2. The highest BCUT2D eigenvalue weighted by Gasteiger charge is 2.26. The van der Waals surface area contributed by atoms with Gasteiger partial charge in [0.05, 0.1) is 35.3 Å². The van der Waals surface area contributed by atoms with Crippen LogP contribution >= 0.6 is 0 Å². The zero-order valence-corrected chi connectivity index (χ0v) is 18.5. The summed E-state index contributed by atoms with van der Waals surface area (Å²) in [6, 6.07) is 11.2. The van der Waals surface area contributed by atoms with Crippen LogP contribution in [-0.2, 0) is 14.8 Å². The number of imidazole rings is 1. The summed E-state index contributed by atoms with van der Waals surface area (Å²) in [4.78, 5) is 24.9. The zero-order valence-electron chi connectivity index (χ0n) is 17.7. The van der Waals surface area contributed by atoms with Gasteiger partial charge in [-0.05, 0) is 36.4 Å². The van der Waals surface area contributed by atoms with Crippen LogP contribution < -0.4 is 16.3 Å². The fraction of sp³-hybridized carbons (Fsp3) is 0.190. The van der Waals surface area contributed by atoms with E-state index in [0.717, 1.165) is 6.20 Å². The highest BCUT2D eigenvalue weighted by Crippen LogP contribution is 2.24. The lowest BCUT2D eigenvalue weighted by Gasteiger charge is -2.26. The lowest BCUT2D eigenvalue weighted by molar-refractivity contribution is 0.0730. The molecule has 0 amide bonds. The molecule has 4 N–H and O–H groups in total. The van der Waals surface area contributed by atoms with Crippen molar-refractivity contribution in [1.82, 2.24) is 24.2 Å². The van der Waals surface area contributed by atoms with Crippen molar-refractivity contribution in [3.63, 3.8) is 0 Å². The zero-order chi connectivity index (χ0) is 23.7. The first-order valence-electron chi connectivity index (χ1n) is 10.4. The summed E-state index contributed by atoms with van der Waals surface area (Å²) in [7, 11) is -3.68. The number of halogens is 1. The van der Waals surface area contributed by atoms with Crippen LogP contribution in [0, 0.1) is 5.82 Å². The van der Waals surface area contributed by atoms with Gasteiger partial charge in [-0.15, -0.1) is 0 Å². The highest BCUT2D eigenvalue weighted by atomic mass is 32.2. The van der Waals surface area contributed by atoms with Gasteiger partial charge >= 0.3 is 5.69 Å². The number of rotatable bonds is 6. The smallest absolute Gasteiger partial charge is 0.323 e. The molecular weight excluding hydrogens is 465 g/mol. The van der Waals surface area contributed by atoms with E-state index >= 15 is 0 Å². The van der Waals surface area contributed by atoms with Gasteiger partial charge in [-0.25, -0.2) is 22.6 Å². The minimum absolute atomic E-state index is 0.0703. The van der Waals surface area contributed by atoms with Gasteiger partial charge in [0.25, 0.3) is 0 Å². The van der Waals surface area contributed by atoms with Crippen molar-refractivity contribution in [2.45, 2.75) is 4.90 Å². The molecule has 1 fully saturated rings. The van der Waals surface area contributed by atoms with Crippen molar-refractivity contribution < 1.29 is 17.5 Å². The lowest BCUT2D eigenvalue weighted by atomic mass is 10.3. The molecule has 3 heterocycles. The van der Waals surface area contributed by atoms with Crippen LogP contribution in [0.25, 0.3) is 11.0 Å². The van der Waals surface area contributed by atoms with Gasteiger partial charge < -0.3 is 25.3 Å². The predicted molar refractivity (Wildman–Crippen MR) is 123 cm³/mol. The molecule has 0 bridgehead atoms. The molecule has 1 saturated heterocycles. The quantitative estimate of drug-likeness (QED) is 0.326. The van der Waals surface area contributed by atoms with Gasteiger partial charge in [0.1, 0.15) is 0 Å². The van der Waals surface area contributed by atoms with E-state index in [2.05, 4.69) is 30.6 Å². The molecule has 2 aromatic carbocycles. The van der Waals surface area contributed by atoms with E-state index < -0.39 is 15.8 Å². The molecule has 11 nitrogen and oxygen atoms in total. The number of anilines is 4. The maximum Gasteiger partial charge on any atom is 0.323 e. The third-order valence-electron chi connectivity index (χ3n) is 5.22. The standard InChI is InChI=1S/C21H20FN7O4S/c22-16-12-23-20(28-19(16)24-14-4-5-17-18(11-14)27-21(30)26-17)25-13-2-1-3-15(10-13)34(31,32)29-6-8-33-9-7-29/h1-5,10-12H,6-9H2,(H2,26,27,30)(H2,23,24,25,28). The van der Waals surface area contributed by atoms with Gasteiger partial charge in [-0.3, -0.25) is 0 Å². The summed E-state index contributed by atoms with van der Waals surface area (Å²) in [5, 5.41) is 5.78. The molecule has 34 heavy (non-hydrogen) atoms. The average Bonchev–Trinajstić information content (AvgIpc) is 3.21. The third-order valence-corrected chi connectivity index (χ3v) is 7.12. The summed E-state index contributed by atoms with van der Waals surface area (Å²) < 4.78 is 46.8. The molecule has 0 spiro atoms. The number of morpholine rings is 1. The van der Waals surface area contributed by atoms with Crippen molar-refractivity contribution in [3.8, 4) is 0 Å². The summed E-state index contributed by atoms with van der Waals surface area (Å²) in [5.41, 5.74) is 1.77. The highest BCUT2D eigenvalue weighted by molar-refractivity contribution is 7.89. The van der Waals surface area contributed by atoms with E-state index in [1.807, 2.05) is 0 Å². The van der Waals surface area contributed by atoms with Crippen molar-refractivity contribution >= 4 is 44.2 Å². The summed E-state index contributed by atoms with van der Waals surface area (Å²) in [6.45, 7) is 1.28. The Balaban J connectivity index is 1.37. The fourth-order valence-corrected chi connectivity index (χ4v) is 5.02. The molecule has 0 unspecified atom stereocenters. The Labute approximate surface area is 193 Å². The topological polar surface area (TPSA) is 145 Å². The van der Waals surface area contributed by atoms with Crippen molar-refractivity contribution in [1.29, 1.82) is 0 Å². The first-order chi connectivity index (χ1) is 16.4. The number of sulfonamides is 1. The Kier molecular flexibility index (Phi) is 5.73. The summed E-state index contributed by atoms with van der Waals surface area (Å²) >= 11 is 0. The van der Waals surface area contributed by atoms with E-state index in [1.54, 1.807) is 30.3 Å². The number of aromatic amines is 2. The van der Waals surface area contributed by atoms with Crippen LogP contribution in [0.3, 0.4) is 0 Å². The van der Waals surface area contributed by atoms with E-state index in [4.69, 9.17) is 4.74 Å². The van der Waals surface area contributed by atoms with Gasteiger partial charge in [0, 0.05) is 24.5 Å². The Morgan fingerprint density at radius 3 is 2.59 bits per heavy atom. The predicted octanol–water partition coefficient (Wildman–Crippen LogP) is 2.29. The van der Waals surface area contributed by atoms with Crippen molar-refractivity contribution in [3.05, 3.63) is 65.0 Å². The number of hydrogen-bond acceptors (Lipinski definition) is 8. The van der Waals surface area contributed by atoms with Crippen LogP contribution in [0.2, 0.25) is 0 Å². The van der Waals surface area contributed by atoms with Gasteiger partial charge in [-0.1, -0.05) is 6.07 Å². The molecule has 0 atom stereocenters. The van der Waals surface area contributed by atoms with Gasteiger partial charge in [0.2, 0.25) is 16.0 Å². The number of nitrogens with one attached hydrogen (secondary N) is 4. The molecule has 5 rings (SSSR count). The third kappa shape index (κ3) is 4.48. The monoisotopic (exact) mass is 485 g/mol. The first kappa shape index (κ1) is 22.0. The minimum atomic E-state index is -3.68. The van der Waals surface area contributed by atoms with E-state index in [9.17, 15) is 17.6 Å². The van der Waals surface area contributed by atoms with Crippen LogP contribution in [0.4, 0.5) is 27.5 Å². The fourth-order valence-electron chi connectivity index (χ4n) is 3.56. The second-order valence-corrected chi connectivity index (χ2v) is 9.46. The molecule has 1 aliphatic rings. The number of nitrogens with zero attached hydrogens (tertiary/aromatic N) is 3. The number of H-pyrrole nitrogens is 2. The van der Waals surface area contributed by atoms with Crippen LogP contribution in [-0.4, -0.2) is 59.0 Å². The largest absolute Gasteiger partial charge is 0.379 e. The second kappa shape index (κ2) is 8.85. The molecule has 1 aliphatic heterocycles. The van der Waals surface area contributed by atoms with Crippen LogP contribution in [0.1, 0.15) is 0 Å².